The number of nitrogens with two attached hydrogens (primary N) is 1. The molecule has 0 saturated carbocycles. The molecule has 1 aliphatic rings. The predicted octanol–water partition coefficient (Wildman–Crippen LogP) is 2.42. The summed E-state index contributed by atoms with van der Waals surface area (Å²) in [5, 5.41) is 0. The first-order valence-electron chi connectivity index (χ1n) is 7.94. The third-order valence-electron chi connectivity index (χ3n) is 4.14. The quantitative estimate of drug-likeness (QED) is 0.889. The van der Waals surface area contributed by atoms with E-state index in [0.29, 0.717) is 37.0 Å². The minimum Gasteiger partial charge on any atom is -0.467 e. The van der Waals surface area contributed by atoms with E-state index in [9.17, 15) is 4.79 Å². The van der Waals surface area contributed by atoms with Gasteiger partial charge >= 0.3 is 0 Å². The lowest BCUT2D eigenvalue weighted by Gasteiger charge is -2.15. The number of nitrogens with zero attached hydrogens (tertiary/aromatic N) is 1. The highest BCUT2D eigenvalue weighted by Crippen LogP contribution is 2.20. The molecule has 1 unspecified atom stereocenters. The molecule has 1 atom stereocenters. The van der Waals surface area contributed by atoms with E-state index >= 15 is 0 Å². The van der Waals surface area contributed by atoms with Gasteiger partial charge in [0.15, 0.2) is 0 Å². The van der Waals surface area contributed by atoms with Gasteiger partial charge in [-0.2, -0.15) is 0 Å². The molecule has 23 heavy (non-hydrogen) atoms. The number of benzene rings is 1. The smallest absolute Gasteiger partial charge is 0.257 e. The van der Waals surface area contributed by atoms with Crippen LogP contribution in [-0.4, -0.2) is 30.5 Å². The molecule has 0 radical (unpaired) electrons. The van der Waals surface area contributed by atoms with Crippen molar-refractivity contribution in [1.29, 1.82) is 0 Å². The van der Waals surface area contributed by atoms with Gasteiger partial charge in [-0.1, -0.05) is 30.3 Å². The fraction of sp³-hybridized carbons (Fsp3) is 0.389. The Morgan fingerprint density at radius 3 is 2.91 bits per heavy atom. The summed E-state index contributed by atoms with van der Waals surface area (Å²) >= 11 is 0. The first-order chi connectivity index (χ1) is 11.3. The zero-order valence-electron chi connectivity index (χ0n) is 13.1. The van der Waals surface area contributed by atoms with Crippen LogP contribution in [0.15, 0.2) is 47.1 Å². The lowest BCUT2D eigenvalue weighted by atomic mass is 10.1. The van der Waals surface area contributed by atoms with Gasteiger partial charge in [-0.05, 0) is 18.1 Å². The molecular formula is C18H22N2O3. The van der Waals surface area contributed by atoms with Crippen LogP contribution in [0, 0.1) is 5.92 Å². The molecule has 3 rings (SSSR count). The molecule has 1 amide bonds. The molecule has 2 aromatic rings. The Morgan fingerprint density at radius 1 is 1.35 bits per heavy atom. The van der Waals surface area contributed by atoms with Crippen molar-refractivity contribution in [2.45, 2.75) is 19.6 Å². The molecule has 0 aliphatic carbocycles. The summed E-state index contributed by atoms with van der Waals surface area (Å²) in [6, 6.07) is 11.8. The van der Waals surface area contributed by atoms with Crippen LogP contribution in [0.3, 0.4) is 0 Å². The van der Waals surface area contributed by atoms with Gasteiger partial charge in [-0.3, -0.25) is 4.79 Å². The highest BCUT2D eigenvalue weighted by Gasteiger charge is 2.27. The standard InChI is InChI=1S/C18H22N2O3/c19-9-17-8-16(13-23-17)18(21)20-7-6-15(10-20)12-22-11-14-4-2-1-3-5-14/h1-5,8,13,15H,6-7,9-12,19H2. The molecule has 0 spiro atoms. The lowest BCUT2D eigenvalue weighted by molar-refractivity contribution is 0.0732. The maximum atomic E-state index is 12.4. The minimum absolute atomic E-state index is 0.0130. The molecule has 1 saturated heterocycles. The molecule has 5 nitrogen and oxygen atoms in total. The van der Waals surface area contributed by atoms with E-state index in [-0.39, 0.29) is 5.91 Å². The number of hydrogen-bond acceptors (Lipinski definition) is 4. The third-order valence-corrected chi connectivity index (χ3v) is 4.14. The van der Waals surface area contributed by atoms with Crippen LogP contribution in [0.1, 0.15) is 28.1 Å². The van der Waals surface area contributed by atoms with Crippen molar-refractivity contribution in [3.8, 4) is 0 Å². The fourth-order valence-electron chi connectivity index (χ4n) is 2.85. The van der Waals surface area contributed by atoms with Crippen molar-refractivity contribution in [3.05, 3.63) is 59.5 Å². The number of rotatable bonds is 6. The maximum Gasteiger partial charge on any atom is 0.257 e. The van der Waals surface area contributed by atoms with Crippen molar-refractivity contribution in [2.24, 2.45) is 11.7 Å². The number of furan rings is 1. The number of carbonyl (C=O) groups is 1. The molecule has 1 fully saturated rings. The molecule has 5 heteroatoms. The summed E-state index contributed by atoms with van der Waals surface area (Å²) in [6.45, 7) is 3.10. The molecule has 2 heterocycles. The van der Waals surface area contributed by atoms with Gasteiger partial charge in [-0.15, -0.1) is 0 Å². The van der Waals surface area contributed by atoms with Crippen molar-refractivity contribution in [1.82, 2.24) is 4.90 Å². The number of ether oxygens (including phenoxy) is 1. The Morgan fingerprint density at radius 2 is 2.17 bits per heavy atom. The monoisotopic (exact) mass is 314 g/mol. The summed E-state index contributed by atoms with van der Waals surface area (Å²) < 4.78 is 11.0. The molecule has 122 valence electrons. The van der Waals surface area contributed by atoms with Crippen molar-refractivity contribution < 1.29 is 13.9 Å². The third kappa shape index (κ3) is 4.00. The Kier molecular flexibility index (Phi) is 5.10. The van der Waals surface area contributed by atoms with Crippen LogP contribution in [0.5, 0.6) is 0 Å². The van der Waals surface area contributed by atoms with E-state index < -0.39 is 0 Å². The van der Waals surface area contributed by atoms with Gasteiger partial charge in [0.25, 0.3) is 5.91 Å². The summed E-state index contributed by atoms with van der Waals surface area (Å²) in [4.78, 5) is 14.3. The zero-order chi connectivity index (χ0) is 16.1. The maximum absolute atomic E-state index is 12.4. The fourth-order valence-corrected chi connectivity index (χ4v) is 2.85. The first kappa shape index (κ1) is 15.8. The second-order valence-corrected chi connectivity index (χ2v) is 5.91. The number of amides is 1. The van der Waals surface area contributed by atoms with Gasteiger partial charge in [0.2, 0.25) is 0 Å². The summed E-state index contributed by atoms with van der Waals surface area (Å²) in [5.41, 5.74) is 7.26. The minimum atomic E-state index is 0.0130. The largest absolute Gasteiger partial charge is 0.467 e. The second kappa shape index (κ2) is 7.44. The topological polar surface area (TPSA) is 68.7 Å². The zero-order valence-corrected chi connectivity index (χ0v) is 13.1. The Hall–Kier alpha value is -2.11. The number of carbonyl (C=O) groups excluding carboxylic acids is 1. The molecule has 1 aromatic heterocycles. The molecule has 2 N–H and O–H groups in total. The lowest BCUT2D eigenvalue weighted by Crippen LogP contribution is -2.29. The van der Waals surface area contributed by atoms with Crippen LogP contribution in [0.2, 0.25) is 0 Å². The first-order valence-corrected chi connectivity index (χ1v) is 7.94. The Bertz CT molecular complexity index is 639. The summed E-state index contributed by atoms with van der Waals surface area (Å²) in [5.74, 6) is 1.04. The van der Waals surface area contributed by atoms with Crippen LogP contribution in [-0.2, 0) is 17.9 Å². The normalized spacial score (nSPS) is 17.6. The Balaban J connectivity index is 1.45. The highest BCUT2D eigenvalue weighted by molar-refractivity contribution is 5.94. The van der Waals surface area contributed by atoms with E-state index in [2.05, 4.69) is 12.1 Å². The van der Waals surface area contributed by atoms with E-state index in [1.165, 1.54) is 11.8 Å². The van der Waals surface area contributed by atoms with Gasteiger partial charge in [-0.25, -0.2) is 0 Å². The van der Waals surface area contributed by atoms with Crippen molar-refractivity contribution in [2.75, 3.05) is 19.7 Å². The second-order valence-electron chi connectivity index (χ2n) is 5.91. The molecule has 1 aliphatic heterocycles. The number of hydrogen-bond donors (Lipinski definition) is 1. The van der Waals surface area contributed by atoms with Crippen LogP contribution >= 0.6 is 0 Å². The molecular weight excluding hydrogens is 292 g/mol. The van der Waals surface area contributed by atoms with E-state index in [1.807, 2.05) is 23.1 Å². The van der Waals surface area contributed by atoms with E-state index in [4.69, 9.17) is 14.9 Å². The van der Waals surface area contributed by atoms with E-state index in [1.54, 1.807) is 6.07 Å². The van der Waals surface area contributed by atoms with Gasteiger partial charge in [0.05, 0.1) is 25.3 Å². The van der Waals surface area contributed by atoms with Gasteiger partial charge < -0.3 is 19.8 Å². The van der Waals surface area contributed by atoms with Crippen LogP contribution in [0.25, 0.3) is 0 Å². The Labute approximate surface area is 136 Å². The van der Waals surface area contributed by atoms with Crippen LogP contribution in [0.4, 0.5) is 0 Å². The number of likely N-dealkylation sites (tertiary alicyclic amines) is 1. The van der Waals surface area contributed by atoms with E-state index in [0.717, 1.165) is 19.5 Å². The SMILES string of the molecule is NCc1cc(C(=O)N2CCC(COCc3ccccc3)C2)co1. The molecule has 0 bridgehead atoms. The summed E-state index contributed by atoms with van der Waals surface area (Å²) in [6.07, 6.45) is 2.46. The van der Waals surface area contributed by atoms with Gasteiger partial charge in [0, 0.05) is 19.0 Å². The van der Waals surface area contributed by atoms with Crippen molar-refractivity contribution in [3.63, 3.8) is 0 Å². The molecule has 1 aromatic carbocycles. The van der Waals surface area contributed by atoms with Gasteiger partial charge in [0.1, 0.15) is 12.0 Å². The average molecular weight is 314 g/mol. The predicted molar refractivity (Wildman–Crippen MR) is 86.7 cm³/mol. The van der Waals surface area contributed by atoms with Crippen LogP contribution < -0.4 is 5.73 Å². The average Bonchev–Trinajstić information content (AvgIpc) is 3.24. The highest BCUT2D eigenvalue weighted by atomic mass is 16.5. The summed E-state index contributed by atoms with van der Waals surface area (Å²) in [7, 11) is 0. The van der Waals surface area contributed by atoms with Crippen molar-refractivity contribution >= 4 is 5.91 Å².